The van der Waals surface area contributed by atoms with Crippen molar-refractivity contribution in [2.45, 2.75) is 13.3 Å². The largest absolute Gasteiger partial charge is 0.419 e. The number of hydrogen-bond acceptors (Lipinski definition) is 4. The molecule has 1 aromatic carbocycles. The molecule has 6 heteroatoms. The second-order valence-corrected chi connectivity index (χ2v) is 4.04. The number of benzene rings is 1. The van der Waals surface area contributed by atoms with Crippen LogP contribution in [0.5, 0.6) is 0 Å². The molecule has 18 heavy (non-hydrogen) atoms. The molecule has 2 aromatic rings. The number of anilines is 1. The molecule has 1 aromatic heterocycles. The number of fused-ring (bicyclic) bond motifs is 1. The van der Waals surface area contributed by atoms with Crippen LogP contribution in [0, 0.1) is 0 Å². The summed E-state index contributed by atoms with van der Waals surface area (Å²) >= 11 is 0. The summed E-state index contributed by atoms with van der Waals surface area (Å²) in [4.78, 5) is 33.5. The van der Waals surface area contributed by atoms with Gasteiger partial charge in [0.2, 0.25) is 5.91 Å². The van der Waals surface area contributed by atoms with E-state index in [0.29, 0.717) is 16.8 Å². The molecular weight excluding hydrogens is 236 g/mol. The molecule has 6 nitrogen and oxygen atoms in total. The van der Waals surface area contributed by atoms with E-state index in [2.05, 4.69) is 5.32 Å². The monoisotopic (exact) mass is 248 g/mol. The summed E-state index contributed by atoms with van der Waals surface area (Å²) in [5, 5.41) is 2.59. The van der Waals surface area contributed by atoms with E-state index in [0.717, 1.165) is 0 Å². The zero-order valence-corrected chi connectivity index (χ0v) is 10.0. The van der Waals surface area contributed by atoms with E-state index < -0.39 is 5.76 Å². The smallest absolute Gasteiger partial charge is 0.408 e. The Balaban J connectivity index is 2.30. The lowest BCUT2D eigenvalue weighted by atomic mass is 10.2. The van der Waals surface area contributed by atoms with Gasteiger partial charge in [-0.25, -0.2) is 4.79 Å². The first-order chi connectivity index (χ1) is 8.47. The van der Waals surface area contributed by atoms with Crippen LogP contribution in [0.3, 0.4) is 0 Å². The summed E-state index contributed by atoms with van der Waals surface area (Å²) in [6, 6.07) is 4.84. The molecule has 0 aliphatic heterocycles. The second kappa shape index (κ2) is 4.48. The highest BCUT2D eigenvalue weighted by atomic mass is 16.4. The van der Waals surface area contributed by atoms with Gasteiger partial charge in [-0.05, 0) is 25.1 Å². The SMILES string of the molecule is CC(=O)CC(=O)Nc1ccc2oc(=O)n(C)c2c1. The fourth-order valence-corrected chi connectivity index (χ4v) is 1.64. The van der Waals surface area contributed by atoms with Gasteiger partial charge in [0.15, 0.2) is 5.58 Å². The number of rotatable bonds is 3. The van der Waals surface area contributed by atoms with Gasteiger partial charge in [0, 0.05) is 12.7 Å². The van der Waals surface area contributed by atoms with Gasteiger partial charge in [0.25, 0.3) is 0 Å². The third kappa shape index (κ3) is 2.32. The van der Waals surface area contributed by atoms with Crippen molar-refractivity contribution >= 4 is 28.5 Å². The van der Waals surface area contributed by atoms with Crippen molar-refractivity contribution in [3.63, 3.8) is 0 Å². The summed E-state index contributed by atoms with van der Waals surface area (Å²) in [6.07, 6.45) is -0.164. The fraction of sp³-hybridized carbons (Fsp3) is 0.250. The average molecular weight is 248 g/mol. The number of Topliss-reactive ketones (excluding diaryl/α,β-unsaturated/α-hetero) is 1. The lowest BCUT2D eigenvalue weighted by Crippen LogP contribution is -2.14. The third-order valence-corrected chi connectivity index (χ3v) is 2.48. The number of nitrogens with one attached hydrogen (secondary N) is 1. The lowest BCUT2D eigenvalue weighted by Gasteiger charge is -2.03. The maximum Gasteiger partial charge on any atom is 0.419 e. The summed E-state index contributed by atoms with van der Waals surface area (Å²) in [7, 11) is 1.58. The Hall–Kier alpha value is -2.37. The van der Waals surface area contributed by atoms with Crippen LogP contribution in [0.4, 0.5) is 5.69 Å². The molecule has 0 spiro atoms. The van der Waals surface area contributed by atoms with Crippen molar-refractivity contribution in [1.29, 1.82) is 0 Å². The van der Waals surface area contributed by atoms with Crippen molar-refractivity contribution < 1.29 is 14.0 Å². The van der Waals surface area contributed by atoms with Crippen molar-refractivity contribution in [3.05, 3.63) is 28.7 Å². The number of oxazole rings is 1. The number of carbonyl (C=O) groups excluding carboxylic acids is 2. The molecule has 0 aliphatic rings. The van der Waals surface area contributed by atoms with Crippen molar-refractivity contribution in [2.75, 3.05) is 5.32 Å². The second-order valence-electron chi connectivity index (χ2n) is 4.04. The van der Waals surface area contributed by atoms with Gasteiger partial charge in [0.1, 0.15) is 5.78 Å². The minimum atomic E-state index is -0.461. The predicted octanol–water partition coefficient (Wildman–Crippen LogP) is 1.05. The molecule has 0 saturated carbocycles. The number of hydrogen-bond donors (Lipinski definition) is 1. The molecule has 2 rings (SSSR count). The van der Waals surface area contributed by atoms with E-state index in [-0.39, 0.29) is 18.1 Å². The number of amides is 1. The Bertz CT molecular complexity index is 681. The highest BCUT2D eigenvalue weighted by Gasteiger charge is 2.09. The third-order valence-electron chi connectivity index (χ3n) is 2.48. The molecule has 0 atom stereocenters. The van der Waals surface area contributed by atoms with E-state index in [4.69, 9.17) is 4.42 Å². The molecule has 0 saturated heterocycles. The van der Waals surface area contributed by atoms with Gasteiger partial charge in [-0.3, -0.25) is 14.2 Å². The van der Waals surface area contributed by atoms with E-state index in [1.54, 1.807) is 25.2 Å². The zero-order chi connectivity index (χ0) is 13.3. The average Bonchev–Trinajstić information content (AvgIpc) is 2.54. The maximum atomic E-state index is 11.4. The number of nitrogens with zero attached hydrogens (tertiary/aromatic N) is 1. The molecule has 0 unspecified atom stereocenters. The number of ketones is 1. The van der Waals surface area contributed by atoms with Gasteiger partial charge in [-0.15, -0.1) is 0 Å². The molecule has 1 heterocycles. The highest BCUT2D eigenvalue weighted by molar-refractivity contribution is 6.04. The Morgan fingerprint density at radius 3 is 2.78 bits per heavy atom. The molecule has 1 amide bonds. The standard InChI is InChI=1S/C12H12N2O4/c1-7(15)5-11(16)13-8-3-4-10-9(6-8)14(2)12(17)18-10/h3-4,6H,5H2,1-2H3,(H,13,16). The molecule has 1 N–H and O–H groups in total. The summed E-state index contributed by atoms with van der Waals surface area (Å²) in [5.41, 5.74) is 1.55. The quantitative estimate of drug-likeness (QED) is 0.823. The Morgan fingerprint density at radius 1 is 1.39 bits per heavy atom. The van der Waals surface area contributed by atoms with E-state index in [1.807, 2.05) is 0 Å². The van der Waals surface area contributed by atoms with Crippen LogP contribution in [0.1, 0.15) is 13.3 Å². The Labute approximate surface area is 102 Å². The first kappa shape index (κ1) is 12.1. The molecule has 94 valence electrons. The summed E-state index contributed by atoms with van der Waals surface area (Å²) in [6.45, 7) is 1.35. The van der Waals surface area contributed by atoms with Crippen LogP contribution in [-0.2, 0) is 16.6 Å². The van der Waals surface area contributed by atoms with Crippen molar-refractivity contribution in [1.82, 2.24) is 4.57 Å². The molecule has 0 bridgehead atoms. The first-order valence-corrected chi connectivity index (χ1v) is 5.36. The van der Waals surface area contributed by atoms with E-state index in [1.165, 1.54) is 11.5 Å². The fourth-order valence-electron chi connectivity index (χ4n) is 1.64. The van der Waals surface area contributed by atoms with E-state index >= 15 is 0 Å². The van der Waals surface area contributed by atoms with Crippen molar-refractivity contribution in [2.24, 2.45) is 7.05 Å². The van der Waals surface area contributed by atoms with Crippen LogP contribution < -0.4 is 11.1 Å². The first-order valence-electron chi connectivity index (χ1n) is 5.36. The number of aryl methyl sites for hydroxylation is 1. The van der Waals surface area contributed by atoms with Gasteiger partial charge in [0.05, 0.1) is 11.9 Å². The van der Waals surface area contributed by atoms with Gasteiger partial charge >= 0.3 is 5.76 Å². The van der Waals surface area contributed by atoms with Crippen LogP contribution in [0.25, 0.3) is 11.1 Å². The van der Waals surface area contributed by atoms with Gasteiger partial charge in [-0.1, -0.05) is 0 Å². The van der Waals surface area contributed by atoms with E-state index in [9.17, 15) is 14.4 Å². The predicted molar refractivity (Wildman–Crippen MR) is 65.4 cm³/mol. The van der Waals surface area contributed by atoms with Gasteiger partial charge < -0.3 is 9.73 Å². The number of carbonyl (C=O) groups is 2. The summed E-state index contributed by atoms with van der Waals surface area (Å²) in [5.74, 6) is -1.04. The molecule has 0 fully saturated rings. The molecule has 0 radical (unpaired) electrons. The minimum absolute atomic E-state index is 0.164. The molecule has 0 aliphatic carbocycles. The number of aromatic nitrogens is 1. The topological polar surface area (TPSA) is 81.3 Å². The highest BCUT2D eigenvalue weighted by Crippen LogP contribution is 2.17. The minimum Gasteiger partial charge on any atom is -0.408 e. The Kier molecular flexibility index (Phi) is 3.01. The van der Waals surface area contributed by atoms with Crippen LogP contribution in [0.15, 0.2) is 27.4 Å². The lowest BCUT2D eigenvalue weighted by molar-refractivity contribution is -0.124. The summed E-state index contributed by atoms with van der Waals surface area (Å²) < 4.78 is 6.31. The maximum absolute atomic E-state index is 11.4. The van der Waals surface area contributed by atoms with Crippen molar-refractivity contribution in [3.8, 4) is 0 Å². The van der Waals surface area contributed by atoms with Gasteiger partial charge in [-0.2, -0.15) is 0 Å². The molecular formula is C12H12N2O4. The van der Waals surface area contributed by atoms with Crippen LogP contribution in [-0.4, -0.2) is 16.3 Å². The van der Waals surface area contributed by atoms with Crippen LogP contribution >= 0.6 is 0 Å². The normalized spacial score (nSPS) is 10.6. The Morgan fingerprint density at radius 2 is 2.11 bits per heavy atom. The van der Waals surface area contributed by atoms with Crippen LogP contribution in [0.2, 0.25) is 0 Å². The zero-order valence-electron chi connectivity index (χ0n) is 10.0.